The van der Waals surface area contributed by atoms with Crippen LogP contribution in [0.4, 0.5) is 14.5 Å². The highest BCUT2D eigenvalue weighted by Crippen LogP contribution is 2.38. The monoisotopic (exact) mass is 261 g/mol. The van der Waals surface area contributed by atoms with Crippen molar-refractivity contribution in [3.05, 3.63) is 59.4 Å². The first-order valence-corrected chi connectivity index (χ1v) is 6.05. The van der Waals surface area contributed by atoms with E-state index in [1.54, 1.807) is 12.4 Å². The van der Waals surface area contributed by atoms with Crippen molar-refractivity contribution in [2.24, 2.45) is 5.73 Å². The standard InChI is InChI=1S/C14H13F2N3/c15-10-4-9-8-19(11-2-1-3-18-7-11)13(6-17)14(9)12(16)5-10/h1-5,7,13H,6,8,17H2. The number of aromatic nitrogens is 1. The molecule has 98 valence electrons. The molecule has 1 aromatic carbocycles. The Balaban J connectivity index is 2.07. The fraction of sp³-hybridized carbons (Fsp3) is 0.214. The van der Waals surface area contributed by atoms with E-state index >= 15 is 0 Å². The minimum absolute atomic E-state index is 0.268. The Labute approximate surface area is 109 Å². The molecule has 1 aromatic heterocycles. The summed E-state index contributed by atoms with van der Waals surface area (Å²) < 4.78 is 27.2. The van der Waals surface area contributed by atoms with Gasteiger partial charge in [-0.2, -0.15) is 0 Å². The number of nitrogens with zero attached hydrogens (tertiary/aromatic N) is 2. The van der Waals surface area contributed by atoms with Gasteiger partial charge in [-0.25, -0.2) is 8.78 Å². The zero-order valence-electron chi connectivity index (χ0n) is 10.2. The number of halogens is 2. The van der Waals surface area contributed by atoms with Gasteiger partial charge in [-0.3, -0.25) is 4.98 Å². The second-order valence-corrected chi connectivity index (χ2v) is 4.55. The molecule has 1 aliphatic heterocycles. The van der Waals surface area contributed by atoms with E-state index < -0.39 is 11.6 Å². The molecule has 2 heterocycles. The Morgan fingerprint density at radius 3 is 2.89 bits per heavy atom. The summed E-state index contributed by atoms with van der Waals surface area (Å²) in [7, 11) is 0. The molecule has 0 saturated heterocycles. The van der Waals surface area contributed by atoms with E-state index in [-0.39, 0.29) is 12.6 Å². The number of hydrogen-bond donors (Lipinski definition) is 1. The highest BCUT2D eigenvalue weighted by atomic mass is 19.1. The minimum Gasteiger partial charge on any atom is -0.357 e. The van der Waals surface area contributed by atoms with Crippen LogP contribution in [0, 0.1) is 11.6 Å². The predicted octanol–water partition coefficient (Wildman–Crippen LogP) is 2.38. The lowest BCUT2D eigenvalue weighted by Gasteiger charge is -2.25. The number of hydrogen-bond acceptors (Lipinski definition) is 3. The molecule has 2 N–H and O–H groups in total. The first-order valence-electron chi connectivity index (χ1n) is 6.05. The normalized spacial score (nSPS) is 17.6. The van der Waals surface area contributed by atoms with Gasteiger partial charge in [0.25, 0.3) is 0 Å². The SMILES string of the molecule is NCC1c2c(F)cc(F)cc2CN1c1cccnc1. The lowest BCUT2D eigenvalue weighted by molar-refractivity contribution is 0.559. The molecule has 1 aliphatic rings. The highest BCUT2D eigenvalue weighted by Gasteiger charge is 2.32. The molecule has 1 unspecified atom stereocenters. The van der Waals surface area contributed by atoms with Gasteiger partial charge in [0.15, 0.2) is 0 Å². The van der Waals surface area contributed by atoms with Gasteiger partial charge >= 0.3 is 0 Å². The fourth-order valence-corrected chi connectivity index (χ4v) is 2.63. The van der Waals surface area contributed by atoms with Crippen molar-refractivity contribution in [3.63, 3.8) is 0 Å². The highest BCUT2D eigenvalue weighted by molar-refractivity contribution is 5.54. The maximum Gasteiger partial charge on any atom is 0.131 e. The van der Waals surface area contributed by atoms with Crippen LogP contribution in [0.1, 0.15) is 17.2 Å². The van der Waals surface area contributed by atoms with Crippen molar-refractivity contribution < 1.29 is 8.78 Å². The van der Waals surface area contributed by atoms with Crippen LogP contribution in [-0.4, -0.2) is 11.5 Å². The second kappa shape index (κ2) is 4.59. The summed E-state index contributed by atoms with van der Waals surface area (Å²) in [6.07, 6.45) is 3.37. The molecule has 2 aromatic rings. The molecule has 1 atom stereocenters. The van der Waals surface area contributed by atoms with E-state index in [9.17, 15) is 8.78 Å². The third-order valence-electron chi connectivity index (χ3n) is 3.43. The molecule has 0 radical (unpaired) electrons. The third kappa shape index (κ3) is 1.96. The summed E-state index contributed by atoms with van der Waals surface area (Å²) in [5.41, 5.74) is 7.76. The Hall–Kier alpha value is -2.01. The Kier molecular flexibility index (Phi) is 2.91. The molecule has 0 saturated carbocycles. The number of nitrogens with two attached hydrogens (primary N) is 1. The molecule has 3 rings (SSSR count). The molecular weight excluding hydrogens is 248 g/mol. The molecule has 3 nitrogen and oxygen atoms in total. The predicted molar refractivity (Wildman–Crippen MR) is 68.6 cm³/mol. The number of rotatable bonds is 2. The van der Waals surface area contributed by atoms with Crippen LogP contribution in [0.25, 0.3) is 0 Å². The number of benzene rings is 1. The van der Waals surface area contributed by atoms with E-state index in [2.05, 4.69) is 4.98 Å². The largest absolute Gasteiger partial charge is 0.357 e. The van der Waals surface area contributed by atoms with Crippen LogP contribution < -0.4 is 10.6 Å². The van der Waals surface area contributed by atoms with Gasteiger partial charge in [0.2, 0.25) is 0 Å². The van der Waals surface area contributed by atoms with Gasteiger partial charge in [0, 0.05) is 30.9 Å². The van der Waals surface area contributed by atoms with Crippen molar-refractivity contribution in [3.8, 4) is 0 Å². The first-order chi connectivity index (χ1) is 9.20. The minimum atomic E-state index is -0.556. The number of anilines is 1. The quantitative estimate of drug-likeness (QED) is 0.902. The number of fused-ring (bicyclic) bond motifs is 1. The lowest BCUT2D eigenvalue weighted by Crippen LogP contribution is -2.28. The number of pyridine rings is 1. The van der Waals surface area contributed by atoms with E-state index in [0.29, 0.717) is 17.7 Å². The molecular formula is C14H13F2N3. The van der Waals surface area contributed by atoms with Gasteiger partial charge in [-0.1, -0.05) is 0 Å². The van der Waals surface area contributed by atoms with Crippen LogP contribution in [0.15, 0.2) is 36.7 Å². The van der Waals surface area contributed by atoms with Crippen molar-refractivity contribution in [2.45, 2.75) is 12.6 Å². The molecule has 0 fully saturated rings. The smallest absolute Gasteiger partial charge is 0.131 e. The summed E-state index contributed by atoms with van der Waals surface area (Å²) in [5, 5.41) is 0. The third-order valence-corrected chi connectivity index (χ3v) is 3.43. The maximum absolute atomic E-state index is 13.9. The molecule has 0 amide bonds. The Morgan fingerprint density at radius 2 is 2.21 bits per heavy atom. The summed E-state index contributed by atoms with van der Waals surface area (Å²) in [6.45, 7) is 0.710. The van der Waals surface area contributed by atoms with Crippen LogP contribution >= 0.6 is 0 Å². The van der Waals surface area contributed by atoms with Gasteiger partial charge in [0.1, 0.15) is 11.6 Å². The van der Waals surface area contributed by atoms with Gasteiger partial charge in [-0.15, -0.1) is 0 Å². The van der Waals surface area contributed by atoms with E-state index in [0.717, 1.165) is 11.8 Å². The van der Waals surface area contributed by atoms with Crippen molar-refractivity contribution >= 4 is 5.69 Å². The van der Waals surface area contributed by atoms with Crippen LogP contribution in [0.2, 0.25) is 0 Å². The molecule has 0 bridgehead atoms. The maximum atomic E-state index is 13.9. The van der Waals surface area contributed by atoms with E-state index in [1.807, 2.05) is 17.0 Å². The van der Waals surface area contributed by atoms with Crippen molar-refractivity contribution in [1.29, 1.82) is 0 Å². The van der Waals surface area contributed by atoms with Gasteiger partial charge in [-0.05, 0) is 23.8 Å². The molecule has 19 heavy (non-hydrogen) atoms. The molecule has 0 spiro atoms. The van der Waals surface area contributed by atoms with Gasteiger partial charge in [0.05, 0.1) is 17.9 Å². The lowest BCUT2D eigenvalue weighted by atomic mass is 10.0. The average Bonchev–Trinajstić information content (AvgIpc) is 2.78. The average molecular weight is 261 g/mol. The first kappa shape index (κ1) is 12.0. The van der Waals surface area contributed by atoms with Crippen molar-refractivity contribution in [1.82, 2.24) is 4.98 Å². The Morgan fingerprint density at radius 1 is 1.37 bits per heavy atom. The topological polar surface area (TPSA) is 42.1 Å². The van der Waals surface area contributed by atoms with E-state index in [1.165, 1.54) is 6.07 Å². The zero-order chi connectivity index (χ0) is 13.4. The fourth-order valence-electron chi connectivity index (χ4n) is 2.63. The molecule has 0 aliphatic carbocycles. The summed E-state index contributed by atoms with van der Waals surface area (Å²) in [4.78, 5) is 6.00. The van der Waals surface area contributed by atoms with Crippen molar-refractivity contribution in [2.75, 3.05) is 11.4 Å². The van der Waals surface area contributed by atoms with E-state index in [4.69, 9.17) is 5.73 Å². The second-order valence-electron chi connectivity index (χ2n) is 4.55. The molecule has 5 heteroatoms. The zero-order valence-corrected chi connectivity index (χ0v) is 10.2. The van der Waals surface area contributed by atoms with Gasteiger partial charge < -0.3 is 10.6 Å². The summed E-state index contributed by atoms with van der Waals surface area (Å²) >= 11 is 0. The Bertz CT molecular complexity index is 601. The van der Waals surface area contributed by atoms with Crippen LogP contribution in [0.3, 0.4) is 0 Å². The summed E-state index contributed by atoms with van der Waals surface area (Å²) in [6, 6.07) is 5.70. The van der Waals surface area contributed by atoms with Crippen LogP contribution in [-0.2, 0) is 6.54 Å². The summed E-state index contributed by atoms with van der Waals surface area (Å²) in [5.74, 6) is -1.09. The van der Waals surface area contributed by atoms with Crippen LogP contribution in [0.5, 0.6) is 0 Å².